The highest BCUT2D eigenvalue weighted by Gasteiger charge is 1.89. The lowest BCUT2D eigenvalue weighted by Crippen LogP contribution is -1.81. The molecule has 0 aromatic heterocycles. The maximum absolute atomic E-state index is 12.1. The maximum Gasteiger partial charge on any atom is 0.560 e. The Balaban J connectivity index is 0.000000354. The lowest BCUT2D eigenvalue weighted by atomic mass is 10.3. The average Bonchev–Trinajstić information content (AvgIpc) is 2.07. The first-order valence-corrected chi connectivity index (χ1v) is 10.9. The van der Waals surface area contributed by atoms with Gasteiger partial charge in [-0.15, -0.1) is 0 Å². The van der Waals surface area contributed by atoms with E-state index in [4.69, 9.17) is 4.74 Å². The van der Waals surface area contributed by atoms with E-state index >= 15 is 0 Å². The van der Waals surface area contributed by atoms with Gasteiger partial charge in [-0.3, -0.25) is 25.8 Å². The Hall–Kier alpha value is 0.676. The van der Waals surface area contributed by atoms with Crippen LogP contribution in [0.15, 0.2) is 18.2 Å². The van der Waals surface area contributed by atoms with Crippen molar-refractivity contribution in [3.63, 3.8) is 0 Å². The van der Waals surface area contributed by atoms with Gasteiger partial charge in [0.05, 0.1) is 7.11 Å². The summed E-state index contributed by atoms with van der Waals surface area (Å²) in [7, 11) is 1.52. The lowest BCUT2D eigenvalue weighted by Gasteiger charge is -1.94. The minimum absolute atomic E-state index is 0.0417. The number of benzene rings is 1. The SMILES string of the molecule is COc1[c]cc(F)cc1.[Br][Mg][Br]. The highest BCUT2D eigenvalue weighted by atomic mass is 79.9. The number of hydrogen-bond acceptors (Lipinski definition) is 1. The first kappa shape index (κ1) is 12.7. The highest BCUT2D eigenvalue weighted by molar-refractivity contribution is 9.47. The molecule has 0 bridgehead atoms. The second-order valence-corrected chi connectivity index (χ2v) is 9.76. The molecule has 0 aliphatic carbocycles. The Morgan fingerprint density at radius 1 is 1.50 bits per heavy atom. The molecular weight excluding hydrogens is 303 g/mol. The molecule has 0 heterocycles. The Labute approximate surface area is 93.1 Å². The van der Waals surface area contributed by atoms with Gasteiger partial charge in [-0.05, 0) is 18.2 Å². The van der Waals surface area contributed by atoms with Crippen LogP contribution in [-0.2, 0) is 0 Å². The van der Waals surface area contributed by atoms with E-state index in [2.05, 4.69) is 31.8 Å². The number of methoxy groups -OCH3 is 1. The Kier molecular flexibility index (Phi) is 8.75. The van der Waals surface area contributed by atoms with Crippen LogP contribution >= 0.6 is 25.8 Å². The number of halogens is 3. The van der Waals surface area contributed by atoms with E-state index in [1.807, 2.05) is 0 Å². The fourth-order valence-electron chi connectivity index (χ4n) is 0.519. The molecule has 0 spiro atoms. The van der Waals surface area contributed by atoms with E-state index in [0.29, 0.717) is 5.75 Å². The minimum atomic E-state index is -0.296. The van der Waals surface area contributed by atoms with Crippen molar-refractivity contribution in [2.75, 3.05) is 7.11 Å². The van der Waals surface area contributed by atoms with Gasteiger partial charge in [-0.1, -0.05) is 0 Å². The molecule has 1 aromatic rings. The molecule has 1 rings (SSSR count). The van der Waals surface area contributed by atoms with E-state index < -0.39 is 0 Å². The molecule has 0 saturated carbocycles. The summed E-state index contributed by atoms with van der Waals surface area (Å²) < 4.78 is 16.9. The predicted molar refractivity (Wildman–Crippen MR) is 55.4 cm³/mol. The fourth-order valence-corrected chi connectivity index (χ4v) is 0.519. The van der Waals surface area contributed by atoms with Gasteiger partial charge < -0.3 is 4.74 Å². The Morgan fingerprint density at radius 3 is 2.42 bits per heavy atom. The zero-order chi connectivity index (χ0) is 9.40. The van der Waals surface area contributed by atoms with Gasteiger partial charge in [0.15, 0.2) is 0 Å². The third kappa shape index (κ3) is 6.22. The zero-order valence-corrected chi connectivity index (χ0v) is 11.1. The quantitative estimate of drug-likeness (QED) is 0.725. The van der Waals surface area contributed by atoms with Gasteiger partial charge in [0, 0.05) is 6.07 Å². The monoisotopic (exact) mass is 307 g/mol. The van der Waals surface area contributed by atoms with Crippen LogP contribution in [0, 0.1) is 11.9 Å². The van der Waals surface area contributed by atoms with Crippen LogP contribution in [-0.4, -0.2) is 23.1 Å². The topological polar surface area (TPSA) is 9.23 Å². The van der Waals surface area contributed by atoms with Crippen molar-refractivity contribution >= 4 is 41.8 Å². The standard InChI is InChI=1S/C7H6FO.2BrH.Mg/c1-9-7-4-2-6(8)3-5-7;;;/h2-4H,1H3;2*1H;/q;;;+2/p-2. The van der Waals surface area contributed by atoms with Gasteiger partial charge in [-0.2, -0.15) is 0 Å². The smallest absolute Gasteiger partial charge is 0.496 e. The van der Waals surface area contributed by atoms with Gasteiger partial charge in [-0.25, -0.2) is 4.39 Å². The van der Waals surface area contributed by atoms with Crippen molar-refractivity contribution in [2.24, 2.45) is 0 Å². The molecule has 5 heteroatoms. The van der Waals surface area contributed by atoms with Crippen molar-refractivity contribution in [1.82, 2.24) is 0 Å². The number of rotatable bonds is 1. The summed E-state index contributed by atoms with van der Waals surface area (Å²) in [4.78, 5) is 0. The zero-order valence-electron chi connectivity index (χ0n) is 6.48. The Morgan fingerprint density at radius 2 is 2.08 bits per heavy atom. The lowest BCUT2D eigenvalue weighted by molar-refractivity contribution is 0.412. The molecule has 0 saturated heterocycles. The van der Waals surface area contributed by atoms with Gasteiger partial charge in [0.1, 0.15) is 11.6 Å². The van der Waals surface area contributed by atoms with E-state index in [1.54, 1.807) is 0 Å². The van der Waals surface area contributed by atoms with Crippen LogP contribution in [0.3, 0.4) is 0 Å². The van der Waals surface area contributed by atoms with Gasteiger partial charge in [0.2, 0.25) is 0 Å². The van der Waals surface area contributed by atoms with Gasteiger partial charge in [0.25, 0.3) is 0 Å². The molecule has 12 heavy (non-hydrogen) atoms. The Bertz CT molecular complexity index is 205. The molecular formula is C7H6Br2FMgO. The van der Waals surface area contributed by atoms with Gasteiger partial charge >= 0.3 is 16.0 Å². The summed E-state index contributed by atoms with van der Waals surface area (Å²) in [6.45, 7) is 0. The van der Waals surface area contributed by atoms with Crippen LogP contribution in [0.5, 0.6) is 5.75 Å². The van der Waals surface area contributed by atoms with Crippen LogP contribution in [0.4, 0.5) is 4.39 Å². The molecule has 0 fully saturated rings. The maximum atomic E-state index is 12.1. The van der Waals surface area contributed by atoms with E-state index in [1.165, 1.54) is 25.3 Å². The summed E-state index contributed by atoms with van der Waals surface area (Å²) in [6.07, 6.45) is 0. The van der Waals surface area contributed by atoms with E-state index in [-0.39, 0.29) is 21.8 Å². The molecule has 1 radical (unpaired) electrons. The van der Waals surface area contributed by atoms with Crippen molar-refractivity contribution in [2.45, 2.75) is 0 Å². The highest BCUT2D eigenvalue weighted by Crippen LogP contribution is 2.07. The fraction of sp³-hybridized carbons (Fsp3) is 0.143. The second kappa shape index (κ2) is 8.28. The first-order chi connectivity index (χ1) is 5.74. The molecule has 0 atom stereocenters. The second-order valence-electron chi connectivity index (χ2n) is 1.68. The number of ether oxygens (including phenoxy) is 1. The molecule has 0 unspecified atom stereocenters. The number of hydrogen-bond donors (Lipinski definition) is 0. The van der Waals surface area contributed by atoms with E-state index in [0.717, 1.165) is 0 Å². The molecule has 1 aromatic carbocycles. The van der Waals surface area contributed by atoms with Crippen LogP contribution in [0.25, 0.3) is 0 Å². The molecule has 1 nitrogen and oxygen atoms in total. The van der Waals surface area contributed by atoms with Crippen LogP contribution in [0.2, 0.25) is 0 Å². The third-order valence-electron chi connectivity index (χ3n) is 0.966. The van der Waals surface area contributed by atoms with Crippen LogP contribution in [0.1, 0.15) is 0 Å². The normalized spacial score (nSPS) is 7.67. The summed E-state index contributed by atoms with van der Waals surface area (Å²) in [5.41, 5.74) is 0. The largest absolute Gasteiger partial charge is 0.560 e. The summed E-state index contributed by atoms with van der Waals surface area (Å²) >= 11 is 6.44. The van der Waals surface area contributed by atoms with E-state index in [9.17, 15) is 4.39 Å². The first-order valence-electron chi connectivity index (χ1n) is 3.07. The molecule has 0 aliphatic rings. The summed E-state index contributed by atoms with van der Waals surface area (Å²) in [5.74, 6) is 0.257. The van der Waals surface area contributed by atoms with Crippen molar-refractivity contribution in [1.29, 1.82) is 0 Å². The van der Waals surface area contributed by atoms with Crippen molar-refractivity contribution < 1.29 is 9.13 Å². The molecule has 0 amide bonds. The average molecular weight is 309 g/mol. The molecule has 63 valence electrons. The third-order valence-corrected chi connectivity index (χ3v) is 0.966. The van der Waals surface area contributed by atoms with Crippen LogP contribution < -0.4 is 4.74 Å². The molecule has 0 N–H and O–H groups in total. The predicted octanol–water partition coefficient (Wildman–Crippen LogP) is 2.94. The summed E-state index contributed by atoms with van der Waals surface area (Å²) in [5, 5.41) is 0. The minimum Gasteiger partial charge on any atom is -0.496 e. The van der Waals surface area contributed by atoms with Crippen molar-refractivity contribution in [3.8, 4) is 5.75 Å². The summed E-state index contributed by atoms with van der Waals surface area (Å²) in [6, 6.07) is 6.68. The van der Waals surface area contributed by atoms with Crippen molar-refractivity contribution in [3.05, 3.63) is 30.1 Å². The molecule has 0 aliphatic heterocycles.